The molecule has 0 aliphatic carbocycles. The first-order chi connectivity index (χ1) is 18.0. The van der Waals surface area contributed by atoms with Gasteiger partial charge in [-0.05, 0) is 48.0 Å². The quantitative estimate of drug-likeness (QED) is 0.211. The summed E-state index contributed by atoms with van der Waals surface area (Å²) in [4.78, 5) is 20.9. The zero-order chi connectivity index (χ0) is 25.8. The molecule has 4 aromatic rings. The Balaban J connectivity index is 1.51. The molecule has 0 radical (unpaired) electrons. The second-order valence-corrected chi connectivity index (χ2v) is 9.11. The van der Waals surface area contributed by atoms with E-state index in [2.05, 4.69) is 15.3 Å². The minimum absolute atomic E-state index is 0.154. The Morgan fingerprint density at radius 3 is 2.35 bits per heavy atom. The van der Waals surface area contributed by atoms with Crippen LogP contribution in [0.2, 0.25) is 0 Å². The van der Waals surface area contributed by atoms with Gasteiger partial charge in [0.05, 0.1) is 11.5 Å². The highest BCUT2D eigenvalue weighted by Crippen LogP contribution is 2.44. The van der Waals surface area contributed by atoms with Crippen molar-refractivity contribution >= 4 is 29.8 Å². The van der Waals surface area contributed by atoms with Gasteiger partial charge in [-0.15, -0.1) is 0 Å². The molecule has 2 heterocycles. The number of esters is 1. The number of nitrogen functional groups attached to an aromatic ring is 1. The van der Waals surface area contributed by atoms with Gasteiger partial charge < -0.3 is 25.5 Å². The van der Waals surface area contributed by atoms with Crippen LogP contribution in [0.3, 0.4) is 0 Å². The van der Waals surface area contributed by atoms with Crippen LogP contribution in [0.25, 0.3) is 0 Å². The average molecular weight is 511 g/mol. The van der Waals surface area contributed by atoms with Gasteiger partial charge in [0.1, 0.15) is 30.6 Å². The van der Waals surface area contributed by atoms with Crippen LogP contribution in [0, 0.1) is 4.77 Å². The average Bonchev–Trinajstić information content (AvgIpc) is 2.91. The summed E-state index contributed by atoms with van der Waals surface area (Å²) in [6, 6.07) is 27.1. The first-order valence-electron chi connectivity index (χ1n) is 11.8. The molecule has 3 aromatic carbocycles. The Hall–Kier alpha value is -4.43. The molecular formula is C29H26N4O3S. The lowest BCUT2D eigenvalue weighted by Gasteiger charge is -2.30. The van der Waals surface area contributed by atoms with E-state index in [-0.39, 0.29) is 11.4 Å². The van der Waals surface area contributed by atoms with E-state index in [0.29, 0.717) is 40.8 Å². The number of anilines is 2. The Kier molecular flexibility index (Phi) is 7.00. The van der Waals surface area contributed by atoms with Gasteiger partial charge >= 0.3 is 5.97 Å². The van der Waals surface area contributed by atoms with Crippen LogP contribution in [0.1, 0.15) is 35.1 Å². The third kappa shape index (κ3) is 5.39. The summed E-state index contributed by atoms with van der Waals surface area (Å²) in [6.07, 6.45) is 0. The van der Waals surface area contributed by atoms with Crippen molar-refractivity contribution in [3.05, 3.63) is 123 Å². The Bertz CT molecular complexity index is 1520. The minimum Gasteiger partial charge on any atom is -0.489 e. The first-order valence-corrected chi connectivity index (χ1v) is 12.3. The lowest BCUT2D eigenvalue weighted by atomic mass is 9.82. The number of rotatable bonds is 7. The largest absolute Gasteiger partial charge is 0.489 e. The molecule has 0 fully saturated rings. The molecule has 0 bridgehead atoms. The summed E-state index contributed by atoms with van der Waals surface area (Å²) in [7, 11) is 0. The minimum atomic E-state index is -0.542. The second kappa shape index (κ2) is 10.7. The van der Waals surface area contributed by atoms with Crippen molar-refractivity contribution in [2.75, 3.05) is 11.1 Å². The molecule has 0 saturated carbocycles. The van der Waals surface area contributed by atoms with Gasteiger partial charge in [0.25, 0.3) is 0 Å². The fourth-order valence-electron chi connectivity index (χ4n) is 4.42. The van der Waals surface area contributed by atoms with E-state index < -0.39 is 11.9 Å². The third-order valence-electron chi connectivity index (χ3n) is 6.16. The number of hydrogen-bond acceptors (Lipinski definition) is 7. The molecule has 0 spiro atoms. The highest BCUT2D eigenvalue weighted by Gasteiger charge is 2.36. The number of fused-ring (bicyclic) bond motifs is 1. The summed E-state index contributed by atoms with van der Waals surface area (Å²) in [6.45, 7) is 2.40. The Morgan fingerprint density at radius 2 is 1.65 bits per heavy atom. The first kappa shape index (κ1) is 24.3. The maximum atomic E-state index is 13.5. The molecule has 1 aromatic heterocycles. The summed E-state index contributed by atoms with van der Waals surface area (Å²) in [5, 5.41) is 3.20. The van der Waals surface area contributed by atoms with Crippen molar-refractivity contribution in [3.63, 3.8) is 0 Å². The molecule has 5 rings (SSSR count). The fourth-order valence-corrected chi connectivity index (χ4v) is 4.62. The van der Waals surface area contributed by atoms with E-state index in [0.717, 1.165) is 16.7 Å². The maximum Gasteiger partial charge on any atom is 0.337 e. The van der Waals surface area contributed by atoms with Gasteiger partial charge in [-0.2, -0.15) is 0 Å². The number of ether oxygens (including phenoxy) is 2. The van der Waals surface area contributed by atoms with E-state index in [1.807, 2.05) is 91.9 Å². The van der Waals surface area contributed by atoms with E-state index in [1.165, 1.54) is 0 Å². The molecule has 37 heavy (non-hydrogen) atoms. The summed E-state index contributed by atoms with van der Waals surface area (Å²) in [5.74, 6) is 0.538. The van der Waals surface area contributed by atoms with Crippen molar-refractivity contribution in [3.8, 4) is 5.75 Å². The van der Waals surface area contributed by atoms with Crippen molar-refractivity contribution in [2.45, 2.75) is 26.1 Å². The maximum absolute atomic E-state index is 13.5. The Morgan fingerprint density at radius 1 is 0.973 bits per heavy atom. The summed E-state index contributed by atoms with van der Waals surface area (Å²) >= 11 is 5.24. The van der Waals surface area contributed by atoms with Gasteiger partial charge in [0, 0.05) is 11.3 Å². The fraction of sp³-hybridized carbons (Fsp3) is 0.138. The van der Waals surface area contributed by atoms with Gasteiger partial charge in [0.15, 0.2) is 4.77 Å². The second-order valence-electron chi connectivity index (χ2n) is 8.72. The van der Waals surface area contributed by atoms with Crippen LogP contribution in [0.4, 0.5) is 11.6 Å². The predicted octanol–water partition coefficient (Wildman–Crippen LogP) is 5.88. The summed E-state index contributed by atoms with van der Waals surface area (Å²) < 4.78 is 12.1. The predicted molar refractivity (Wildman–Crippen MR) is 145 cm³/mol. The lowest BCUT2D eigenvalue weighted by Crippen LogP contribution is -2.26. The van der Waals surface area contributed by atoms with Gasteiger partial charge in [0.2, 0.25) is 0 Å². The molecule has 1 atom stereocenters. The van der Waals surface area contributed by atoms with Crippen LogP contribution >= 0.6 is 12.2 Å². The number of benzene rings is 3. The number of nitrogens with one attached hydrogen (secondary N) is 2. The number of carbonyl (C=O) groups excluding carboxylic acids is 1. The third-order valence-corrected chi connectivity index (χ3v) is 6.35. The van der Waals surface area contributed by atoms with Crippen LogP contribution in [-0.4, -0.2) is 15.9 Å². The number of H-pyrrole nitrogens is 1. The molecule has 1 unspecified atom stereocenters. The van der Waals surface area contributed by atoms with E-state index in [4.69, 9.17) is 27.4 Å². The van der Waals surface area contributed by atoms with Crippen molar-refractivity contribution in [1.29, 1.82) is 0 Å². The van der Waals surface area contributed by atoms with Crippen LogP contribution in [0.15, 0.2) is 96.2 Å². The van der Waals surface area contributed by atoms with Crippen LogP contribution < -0.4 is 15.8 Å². The van der Waals surface area contributed by atoms with Gasteiger partial charge in [-0.1, -0.05) is 72.8 Å². The standard InChI is InChI=1S/C29H26N4O3S/c1-18-23(28(34)36-17-20-11-6-3-7-12-20)24(25-26(30)32-29(37)33-27(25)31-18)21-13-8-14-22(15-21)35-16-19-9-4-2-5-10-19/h2-15,24H,16-17H2,1H3,(H4,30,31,32,33,37). The number of carbonyl (C=O) groups is 1. The number of allylic oxidation sites excluding steroid dienone is 1. The number of nitrogens with zero attached hydrogens (tertiary/aromatic N) is 1. The van der Waals surface area contributed by atoms with Crippen molar-refractivity contribution in [1.82, 2.24) is 9.97 Å². The molecule has 8 heteroatoms. The number of aromatic amines is 1. The summed E-state index contributed by atoms with van der Waals surface area (Å²) in [5.41, 5.74) is 10.9. The zero-order valence-corrected chi connectivity index (χ0v) is 21.0. The monoisotopic (exact) mass is 510 g/mol. The smallest absolute Gasteiger partial charge is 0.337 e. The van der Waals surface area contributed by atoms with Crippen molar-refractivity contribution < 1.29 is 14.3 Å². The highest BCUT2D eigenvalue weighted by atomic mass is 32.1. The van der Waals surface area contributed by atoms with Gasteiger partial charge in [-0.25, -0.2) is 9.78 Å². The number of hydrogen-bond donors (Lipinski definition) is 3. The molecule has 0 amide bonds. The van der Waals surface area contributed by atoms with Crippen LogP contribution in [0.5, 0.6) is 5.75 Å². The number of aromatic nitrogens is 2. The van der Waals surface area contributed by atoms with Crippen LogP contribution in [-0.2, 0) is 22.7 Å². The number of nitrogens with two attached hydrogens (primary N) is 1. The highest BCUT2D eigenvalue weighted by molar-refractivity contribution is 7.71. The Labute approximate surface area is 220 Å². The van der Waals surface area contributed by atoms with E-state index >= 15 is 0 Å². The van der Waals surface area contributed by atoms with Gasteiger partial charge in [-0.3, -0.25) is 0 Å². The molecule has 1 aliphatic rings. The molecule has 4 N–H and O–H groups in total. The molecule has 1 aliphatic heterocycles. The molecular weight excluding hydrogens is 484 g/mol. The van der Waals surface area contributed by atoms with E-state index in [1.54, 1.807) is 0 Å². The molecule has 186 valence electrons. The molecule has 7 nitrogen and oxygen atoms in total. The zero-order valence-electron chi connectivity index (χ0n) is 20.2. The topological polar surface area (TPSA) is 102 Å². The van der Waals surface area contributed by atoms with E-state index in [9.17, 15) is 4.79 Å². The SMILES string of the molecule is CC1=C(C(=O)OCc2ccccc2)C(c2cccc(OCc3ccccc3)c2)c2c(nc(=S)[nH]c2N)N1. The lowest BCUT2D eigenvalue weighted by molar-refractivity contribution is -0.140. The normalized spacial score (nSPS) is 14.5. The van der Waals surface area contributed by atoms with Crippen molar-refractivity contribution in [2.24, 2.45) is 0 Å². The molecule has 0 saturated heterocycles.